The van der Waals surface area contributed by atoms with Gasteiger partial charge in [-0.05, 0) is 12.1 Å². The van der Waals surface area contributed by atoms with Gasteiger partial charge in [-0.1, -0.05) is 0 Å². The van der Waals surface area contributed by atoms with E-state index in [4.69, 9.17) is 13.9 Å². The normalized spacial score (nSPS) is 11.0. The highest BCUT2D eigenvalue weighted by molar-refractivity contribution is 5.98. The van der Waals surface area contributed by atoms with Crippen LogP contribution < -0.4 is 14.9 Å². The molecule has 21 heavy (non-hydrogen) atoms. The second kappa shape index (κ2) is 4.59. The third-order valence-corrected chi connectivity index (χ3v) is 3.28. The van der Waals surface area contributed by atoms with Gasteiger partial charge >= 0.3 is 0 Å². The summed E-state index contributed by atoms with van der Waals surface area (Å²) in [4.78, 5) is 12.6. The third kappa shape index (κ3) is 1.84. The summed E-state index contributed by atoms with van der Waals surface area (Å²) in [5.74, 6) is 0.212. The average molecular weight is 288 g/mol. The number of phenolic OH excluding ortho intramolecular Hbond substituents is 2. The van der Waals surface area contributed by atoms with Crippen LogP contribution in [-0.2, 0) is 0 Å². The fraction of sp³-hybridized carbons (Fsp3) is 0.133. The van der Waals surface area contributed by atoms with Crippen molar-refractivity contribution in [1.82, 2.24) is 0 Å². The van der Waals surface area contributed by atoms with Gasteiger partial charge in [-0.3, -0.25) is 4.79 Å². The van der Waals surface area contributed by atoms with Gasteiger partial charge in [0.05, 0.1) is 14.2 Å². The van der Waals surface area contributed by atoms with Crippen LogP contribution in [0.25, 0.3) is 21.9 Å². The zero-order valence-corrected chi connectivity index (χ0v) is 11.3. The van der Waals surface area contributed by atoms with Crippen molar-refractivity contribution in [2.45, 2.75) is 0 Å². The van der Waals surface area contributed by atoms with E-state index >= 15 is 0 Å². The molecule has 0 aliphatic heterocycles. The lowest BCUT2D eigenvalue weighted by Crippen LogP contribution is -2.05. The molecule has 0 saturated heterocycles. The Morgan fingerprint density at radius 1 is 1.00 bits per heavy atom. The lowest BCUT2D eigenvalue weighted by Gasteiger charge is -2.09. The number of methoxy groups -OCH3 is 2. The lowest BCUT2D eigenvalue weighted by molar-refractivity contribution is 0.396. The SMILES string of the molecule is COc1cc(OC)c2c(=O)c3c(O)ccc(O)c3oc2c1. The largest absolute Gasteiger partial charge is 0.507 e. The molecule has 1 aromatic heterocycles. The first kappa shape index (κ1) is 13.1. The fourth-order valence-electron chi connectivity index (χ4n) is 2.27. The highest BCUT2D eigenvalue weighted by Crippen LogP contribution is 2.36. The van der Waals surface area contributed by atoms with Gasteiger partial charge in [0, 0.05) is 12.1 Å². The van der Waals surface area contributed by atoms with E-state index in [9.17, 15) is 15.0 Å². The summed E-state index contributed by atoms with van der Waals surface area (Å²) in [6.45, 7) is 0. The van der Waals surface area contributed by atoms with Crippen LogP contribution in [0.15, 0.2) is 33.5 Å². The highest BCUT2D eigenvalue weighted by Gasteiger charge is 2.18. The molecule has 0 radical (unpaired) electrons. The summed E-state index contributed by atoms with van der Waals surface area (Å²) < 4.78 is 15.9. The summed E-state index contributed by atoms with van der Waals surface area (Å²) in [5, 5.41) is 19.8. The van der Waals surface area contributed by atoms with Crippen LogP contribution >= 0.6 is 0 Å². The molecule has 0 aliphatic rings. The van der Waals surface area contributed by atoms with Gasteiger partial charge in [0.25, 0.3) is 0 Å². The van der Waals surface area contributed by atoms with Gasteiger partial charge in [0.1, 0.15) is 33.6 Å². The van der Waals surface area contributed by atoms with Crippen LogP contribution in [0.4, 0.5) is 0 Å². The Bertz CT molecular complexity index is 910. The van der Waals surface area contributed by atoms with Gasteiger partial charge in [-0.25, -0.2) is 0 Å². The first-order valence-corrected chi connectivity index (χ1v) is 6.10. The second-order valence-electron chi connectivity index (χ2n) is 4.44. The Morgan fingerprint density at radius 2 is 1.71 bits per heavy atom. The van der Waals surface area contributed by atoms with E-state index in [1.54, 1.807) is 6.07 Å². The number of ether oxygens (including phenoxy) is 2. The van der Waals surface area contributed by atoms with Crippen LogP contribution in [0, 0.1) is 0 Å². The number of fused-ring (bicyclic) bond motifs is 2. The van der Waals surface area contributed by atoms with Crippen molar-refractivity contribution in [1.29, 1.82) is 0 Å². The Hall–Kier alpha value is -2.89. The summed E-state index contributed by atoms with van der Waals surface area (Å²) in [5.41, 5.74) is -0.369. The van der Waals surface area contributed by atoms with Crippen molar-refractivity contribution in [3.8, 4) is 23.0 Å². The molecule has 6 nitrogen and oxygen atoms in total. The summed E-state index contributed by atoms with van der Waals surface area (Å²) in [6, 6.07) is 5.55. The molecule has 0 spiro atoms. The Kier molecular flexibility index (Phi) is 2.86. The molecular formula is C15H12O6. The number of hydrogen-bond donors (Lipinski definition) is 2. The van der Waals surface area contributed by atoms with Crippen molar-refractivity contribution in [3.63, 3.8) is 0 Å². The standard InChI is InChI=1S/C15H12O6/c1-19-7-5-10(20-2)13-11(6-7)21-15-9(17)4-3-8(16)12(15)14(13)18/h3-6,16-17H,1-2H3. The van der Waals surface area contributed by atoms with Crippen molar-refractivity contribution >= 4 is 21.9 Å². The molecule has 0 atom stereocenters. The van der Waals surface area contributed by atoms with Crippen molar-refractivity contribution in [2.24, 2.45) is 0 Å². The summed E-state index contributed by atoms with van der Waals surface area (Å²) >= 11 is 0. The molecule has 3 rings (SSSR count). The zero-order valence-electron chi connectivity index (χ0n) is 11.3. The van der Waals surface area contributed by atoms with E-state index in [2.05, 4.69) is 0 Å². The van der Waals surface area contributed by atoms with E-state index in [1.165, 1.54) is 32.4 Å². The van der Waals surface area contributed by atoms with E-state index in [0.29, 0.717) is 5.75 Å². The lowest BCUT2D eigenvalue weighted by atomic mass is 10.1. The fourth-order valence-corrected chi connectivity index (χ4v) is 2.27. The number of aromatic hydroxyl groups is 2. The van der Waals surface area contributed by atoms with Crippen molar-refractivity contribution in [3.05, 3.63) is 34.5 Å². The molecule has 3 aromatic rings. The zero-order chi connectivity index (χ0) is 15.1. The topological polar surface area (TPSA) is 89.1 Å². The van der Waals surface area contributed by atoms with Gasteiger partial charge in [-0.2, -0.15) is 0 Å². The molecule has 2 N–H and O–H groups in total. The first-order chi connectivity index (χ1) is 10.1. The number of hydrogen-bond acceptors (Lipinski definition) is 6. The molecule has 0 bridgehead atoms. The molecule has 0 amide bonds. The van der Waals surface area contributed by atoms with Crippen molar-refractivity contribution < 1.29 is 24.1 Å². The molecule has 0 saturated carbocycles. The molecule has 2 aromatic carbocycles. The molecule has 0 unspecified atom stereocenters. The maximum Gasteiger partial charge on any atom is 0.208 e. The van der Waals surface area contributed by atoms with Crippen LogP contribution in [0.2, 0.25) is 0 Å². The molecule has 6 heteroatoms. The molecule has 0 aliphatic carbocycles. The van der Waals surface area contributed by atoms with Crippen LogP contribution in [0.5, 0.6) is 23.0 Å². The summed E-state index contributed by atoms with van der Waals surface area (Å²) in [7, 11) is 2.89. The number of phenols is 2. The van der Waals surface area contributed by atoms with Crippen LogP contribution in [0.3, 0.4) is 0 Å². The highest BCUT2D eigenvalue weighted by atomic mass is 16.5. The first-order valence-electron chi connectivity index (χ1n) is 6.10. The molecule has 1 heterocycles. The Morgan fingerprint density at radius 3 is 2.38 bits per heavy atom. The maximum atomic E-state index is 12.6. The average Bonchev–Trinajstić information content (AvgIpc) is 2.49. The van der Waals surface area contributed by atoms with Gasteiger partial charge < -0.3 is 24.1 Å². The number of benzene rings is 2. The Labute approximate surface area is 118 Å². The Balaban J connectivity index is 2.60. The van der Waals surface area contributed by atoms with Crippen molar-refractivity contribution in [2.75, 3.05) is 14.2 Å². The third-order valence-electron chi connectivity index (χ3n) is 3.28. The van der Waals surface area contributed by atoms with E-state index in [-0.39, 0.29) is 39.2 Å². The minimum Gasteiger partial charge on any atom is -0.507 e. The van der Waals surface area contributed by atoms with E-state index in [0.717, 1.165) is 0 Å². The van der Waals surface area contributed by atoms with Gasteiger partial charge in [-0.15, -0.1) is 0 Å². The molecule has 108 valence electrons. The van der Waals surface area contributed by atoms with E-state index < -0.39 is 5.43 Å². The minimum atomic E-state index is -0.487. The van der Waals surface area contributed by atoms with E-state index in [1.807, 2.05) is 0 Å². The smallest absolute Gasteiger partial charge is 0.208 e. The van der Waals surface area contributed by atoms with Crippen LogP contribution in [-0.4, -0.2) is 24.4 Å². The number of rotatable bonds is 2. The van der Waals surface area contributed by atoms with Gasteiger partial charge in [0.2, 0.25) is 5.43 Å². The molecular weight excluding hydrogens is 276 g/mol. The van der Waals surface area contributed by atoms with Gasteiger partial charge in [0.15, 0.2) is 11.3 Å². The van der Waals surface area contributed by atoms with Crippen LogP contribution in [0.1, 0.15) is 0 Å². The molecule has 0 fully saturated rings. The second-order valence-corrected chi connectivity index (χ2v) is 4.44. The summed E-state index contributed by atoms with van der Waals surface area (Å²) in [6.07, 6.45) is 0. The minimum absolute atomic E-state index is 0.0807. The monoisotopic (exact) mass is 288 g/mol. The quantitative estimate of drug-likeness (QED) is 0.556. The predicted octanol–water partition coefficient (Wildman–Crippen LogP) is 2.37. The predicted molar refractivity (Wildman–Crippen MR) is 76.4 cm³/mol. The maximum absolute atomic E-state index is 12.6.